The molecule has 1 fully saturated rings. The Morgan fingerprint density at radius 3 is 2.23 bits per heavy atom. The van der Waals surface area contributed by atoms with Crippen LogP contribution in [-0.2, 0) is 29.0 Å². The molecule has 2 aromatic carbocycles. The summed E-state index contributed by atoms with van der Waals surface area (Å²) in [7, 11) is 4.68. The summed E-state index contributed by atoms with van der Waals surface area (Å²) < 4.78 is 21.5. The average Bonchev–Trinajstić information content (AvgIpc) is 2.78. The molecule has 1 aliphatic heterocycles. The Balaban J connectivity index is 1.62. The smallest absolute Gasteiger partial charge is 0.224 e. The molecule has 0 unspecified atom stereocenters. The third kappa shape index (κ3) is 5.64. The molecule has 7 heteroatoms. The first kappa shape index (κ1) is 21.9. The minimum absolute atomic E-state index is 0.0644. The van der Waals surface area contributed by atoms with Gasteiger partial charge in [-0.1, -0.05) is 24.3 Å². The van der Waals surface area contributed by atoms with Crippen LogP contribution in [0.5, 0.6) is 17.2 Å². The van der Waals surface area contributed by atoms with Gasteiger partial charge in [0.1, 0.15) is 0 Å². The van der Waals surface area contributed by atoms with Gasteiger partial charge in [-0.25, -0.2) is 0 Å². The Kier molecular flexibility index (Phi) is 7.93. The second kappa shape index (κ2) is 10.8. The van der Waals surface area contributed by atoms with E-state index in [2.05, 4.69) is 22.3 Å². The number of nitrogens with zero attached hydrogens (tertiary/aromatic N) is 1. The fourth-order valence-corrected chi connectivity index (χ4v) is 3.56. The van der Waals surface area contributed by atoms with Crippen molar-refractivity contribution in [3.63, 3.8) is 0 Å². The maximum Gasteiger partial charge on any atom is 0.224 e. The first-order chi connectivity index (χ1) is 14.6. The van der Waals surface area contributed by atoms with E-state index in [1.165, 1.54) is 5.56 Å². The zero-order chi connectivity index (χ0) is 21.3. The second-order valence-corrected chi connectivity index (χ2v) is 7.14. The van der Waals surface area contributed by atoms with Crippen LogP contribution >= 0.6 is 0 Å². The van der Waals surface area contributed by atoms with Crippen LogP contribution in [0, 0.1) is 0 Å². The summed E-state index contributed by atoms with van der Waals surface area (Å²) in [4.78, 5) is 15.0. The lowest BCUT2D eigenvalue weighted by atomic mass is 10.1. The van der Waals surface area contributed by atoms with Gasteiger partial charge < -0.3 is 24.3 Å². The van der Waals surface area contributed by atoms with Crippen LogP contribution in [0.1, 0.15) is 16.7 Å². The van der Waals surface area contributed by atoms with Crippen LogP contribution in [0.3, 0.4) is 0 Å². The molecule has 0 bridgehead atoms. The lowest BCUT2D eigenvalue weighted by molar-refractivity contribution is -0.120. The van der Waals surface area contributed by atoms with E-state index >= 15 is 0 Å². The van der Waals surface area contributed by atoms with Gasteiger partial charge in [0.15, 0.2) is 11.5 Å². The number of methoxy groups -OCH3 is 3. The topological polar surface area (TPSA) is 69.3 Å². The average molecular weight is 415 g/mol. The molecule has 30 heavy (non-hydrogen) atoms. The molecule has 1 aliphatic rings. The molecule has 0 saturated carbocycles. The number of carbonyl (C=O) groups excluding carboxylic acids is 1. The van der Waals surface area contributed by atoms with Gasteiger partial charge in [0.05, 0.1) is 41.0 Å². The maximum atomic E-state index is 12.6. The fourth-order valence-electron chi connectivity index (χ4n) is 3.56. The lowest BCUT2D eigenvalue weighted by Gasteiger charge is -2.27. The van der Waals surface area contributed by atoms with Crippen molar-refractivity contribution in [3.05, 3.63) is 53.1 Å². The Morgan fingerprint density at radius 1 is 1.00 bits per heavy atom. The van der Waals surface area contributed by atoms with Crippen LogP contribution in [0.2, 0.25) is 0 Å². The number of nitrogens with one attached hydrogen (secondary N) is 1. The summed E-state index contributed by atoms with van der Waals surface area (Å²) in [6, 6.07) is 11.8. The normalized spacial score (nSPS) is 14.2. The van der Waals surface area contributed by atoms with E-state index in [-0.39, 0.29) is 12.3 Å². The number of amides is 1. The Morgan fingerprint density at radius 2 is 1.63 bits per heavy atom. The number of morpholine rings is 1. The third-order valence-electron chi connectivity index (χ3n) is 5.18. The highest BCUT2D eigenvalue weighted by molar-refractivity contribution is 5.79. The molecule has 7 nitrogen and oxygen atoms in total. The minimum Gasteiger partial charge on any atom is -0.493 e. The molecule has 3 rings (SSSR count). The first-order valence-electron chi connectivity index (χ1n) is 10.1. The third-order valence-corrected chi connectivity index (χ3v) is 5.18. The molecule has 0 aromatic heterocycles. The fraction of sp³-hybridized carbons (Fsp3) is 0.435. The van der Waals surface area contributed by atoms with Crippen LogP contribution in [0.25, 0.3) is 0 Å². The maximum absolute atomic E-state index is 12.6. The number of hydrogen-bond donors (Lipinski definition) is 1. The van der Waals surface area contributed by atoms with Crippen molar-refractivity contribution >= 4 is 5.91 Å². The predicted octanol–water partition coefficient (Wildman–Crippen LogP) is 2.40. The zero-order valence-corrected chi connectivity index (χ0v) is 17.9. The van der Waals surface area contributed by atoms with E-state index in [0.717, 1.165) is 44.0 Å². The van der Waals surface area contributed by atoms with Gasteiger partial charge in [-0.3, -0.25) is 9.69 Å². The van der Waals surface area contributed by atoms with Crippen molar-refractivity contribution in [2.45, 2.75) is 19.5 Å². The summed E-state index contributed by atoms with van der Waals surface area (Å²) in [6.45, 7) is 4.76. The minimum atomic E-state index is -0.0644. The van der Waals surface area contributed by atoms with Gasteiger partial charge in [0.25, 0.3) is 0 Å². The SMILES string of the molecule is COc1cc(CC(=O)NCc2ccccc2CN2CCOCC2)cc(OC)c1OC. The molecule has 0 spiro atoms. The Labute approximate surface area is 177 Å². The van der Waals surface area contributed by atoms with Crippen LogP contribution in [-0.4, -0.2) is 58.4 Å². The summed E-state index contributed by atoms with van der Waals surface area (Å²) in [5.74, 6) is 1.53. The van der Waals surface area contributed by atoms with E-state index in [1.54, 1.807) is 33.5 Å². The molecular weight excluding hydrogens is 384 g/mol. The van der Waals surface area contributed by atoms with Gasteiger partial charge in [-0.2, -0.15) is 0 Å². The van der Waals surface area contributed by atoms with E-state index < -0.39 is 0 Å². The lowest BCUT2D eigenvalue weighted by Crippen LogP contribution is -2.36. The number of ether oxygens (including phenoxy) is 4. The van der Waals surface area contributed by atoms with Crippen molar-refractivity contribution in [3.8, 4) is 17.2 Å². The highest BCUT2D eigenvalue weighted by atomic mass is 16.5. The van der Waals surface area contributed by atoms with E-state index in [4.69, 9.17) is 18.9 Å². The summed E-state index contributed by atoms with van der Waals surface area (Å²) in [6.07, 6.45) is 0.225. The van der Waals surface area contributed by atoms with Gasteiger partial charge in [0.2, 0.25) is 11.7 Å². The first-order valence-corrected chi connectivity index (χ1v) is 10.1. The highest BCUT2D eigenvalue weighted by Crippen LogP contribution is 2.38. The number of benzene rings is 2. The second-order valence-electron chi connectivity index (χ2n) is 7.14. The van der Waals surface area contributed by atoms with Crippen molar-refractivity contribution in [1.29, 1.82) is 0 Å². The van der Waals surface area contributed by atoms with Crippen molar-refractivity contribution in [2.24, 2.45) is 0 Å². The molecule has 1 heterocycles. The molecule has 162 valence electrons. The van der Waals surface area contributed by atoms with Crippen molar-refractivity contribution in [1.82, 2.24) is 10.2 Å². The van der Waals surface area contributed by atoms with Gasteiger partial charge >= 0.3 is 0 Å². The molecule has 1 N–H and O–H groups in total. The molecule has 1 saturated heterocycles. The number of carbonyl (C=O) groups is 1. The molecule has 1 amide bonds. The van der Waals surface area contributed by atoms with Crippen LogP contribution in [0.4, 0.5) is 0 Å². The van der Waals surface area contributed by atoms with Crippen molar-refractivity contribution < 1.29 is 23.7 Å². The quantitative estimate of drug-likeness (QED) is 0.680. The largest absolute Gasteiger partial charge is 0.493 e. The highest BCUT2D eigenvalue weighted by Gasteiger charge is 2.16. The Hall–Kier alpha value is -2.77. The summed E-state index contributed by atoms with van der Waals surface area (Å²) in [5, 5.41) is 3.03. The van der Waals surface area contributed by atoms with Crippen LogP contribution in [0.15, 0.2) is 36.4 Å². The molecule has 0 aliphatic carbocycles. The monoisotopic (exact) mass is 414 g/mol. The number of rotatable bonds is 9. The van der Waals surface area contributed by atoms with Gasteiger partial charge in [-0.05, 0) is 28.8 Å². The molecule has 2 aromatic rings. The van der Waals surface area contributed by atoms with E-state index in [1.807, 2.05) is 12.1 Å². The zero-order valence-electron chi connectivity index (χ0n) is 17.9. The molecule has 0 radical (unpaired) electrons. The van der Waals surface area contributed by atoms with Gasteiger partial charge in [0, 0.05) is 26.2 Å². The summed E-state index contributed by atoms with van der Waals surface area (Å²) in [5.41, 5.74) is 3.15. The standard InChI is InChI=1S/C23H30N2O5/c1-27-20-12-17(13-21(28-2)23(20)29-3)14-22(26)24-15-18-6-4-5-7-19(18)16-25-8-10-30-11-9-25/h4-7,12-13H,8-11,14-16H2,1-3H3,(H,24,26). The predicted molar refractivity (Wildman–Crippen MR) is 114 cm³/mol. The summed E-state index contributed by atoms with van der Waals surface area (Å²) >= 11 is 0. The van der Waals surface area contributed by atoms with Crippen LogP contribution < -0.4 is 19.5 Å². The molecular formula is C23H30N2O5. The van der Waals surface area contributed by atoms with E-state index in [0.29, 0.717) is 23.8 Å². The van der Waals surface area contributed by atoms with E-state index in [9.17, 15) is 4.79 Å². The van der Waals surface area contributed by atoms with Gasteiger partial charge in [-0.15, -0.1) is 0 Å². The Bertz CT molecular complexity index is 824. The number of hydrogen-bond acceptors (Lipinski definition) is 6. The molecule has 0 atom stereocenters. The van der Waals surface area contributed by atoms with Crippen molar-refractivity contribution in [2.75, 3.05) is 47.6 Å².